The molecule has 1 aromatic heterocycles. The van der Waals surface area contributed by atoms with Crippen molar-refractivity contribution in [3.63, 3.8) is 0 Å². The second-order valence-corrected chi connectivity index (χ2v) is 9.47. The Labute approximate surface area is 211 Å². The first-order valence-electron chi connectivity index (χ1n) is 12.6. The molecule has 1 aliphatic carbocycles. The maximum absolute atomic E-state index is 14.0. The number of para-hydroxylation sites is 2. The van der Waals surface area contributed by atoms with E-state index >= 15 is 0 Å². The quantitative estimate of drug-likeness (QED) is 0.319. The first-order chi connectivity index (χ1) is 17.6. The van der Waals surface area contributed by atoms with E-state index in [-0.39, 0.29) is 30.0 Å². The van der Waals surface area contributed by atoms with Crippen LogP contribution in [0.15, 0.2) is 85.1 Å². The maximum Gasteiger partial charge on any atom is 0.248 e. The number of phenolic OH excluding ortho intramolecular Hbond substituents is 1. The summed E-state index contributed by atoms with van der Waals surface area (Å²) < 4.78 is 0. The van der Waals surface area contributed by atoms with E-state index < -0.39 is 6.04 Å². The number of nitrogens with zero attached hydrogens (tertiary/aromatic N) is 1. The molecule has 1 heterocycles. The van der Waals surface area contributed by atoms with Gasteiger partial charge in [0.15, 0.2) is 0 Å². The summed E-state index contributed by atoms with van der Waals surface area (Å²) in [6, 6.07) is 23.0. The number of benzene rings is 3. The molecule has 0 aliphatic heterocycles. The van der Waals surface area contributed by atoms with Crippen molar-refractivity contribution in [2.45, 2.75) is 50.6 Å². The molecule has 0 spiro atoms. The highest BCUT2D eigenvalue weighted by molar-refractivity contribution is 6.03. The van der Waals surface area contributed by atoms with Crippen molar-refractivity contribution in [3.05, 3.63) is 96.2 Å². The summed E-state index contributed by atoms with van der Waals surface area (Å²) in [6.07, 6.45) is 7.28. The van der Waals surface area contributed by atoms with Gasteiger partial charge >= 0.3 is 0 Å². The van der Waals surface area contributed by atoms with Gasteiger partial charge in [0.25, 0.3) is 0 Å². The lowest BCUT2D eigenvalue weighted by Gasteiger charge is -2.33. The van der Waals surface area contributed by atoms with E-state index in [0.717, 1.165) is 42.1 Å². The zero-order valence-corrected chi connectivity index (χ0v) is 20.2. The first-order valence-corrected chi connectivity index (χ1v) is 12.6. The molecule has 6 nitrogen and oxygen atoms in total. The van der Waals surface area contributed by atoms with Crippen LogP contribution in [0, 0.1) is 0 Å². The largest absolute Gasteiger partial charge is 0.508 e. The number of fused-ring (bicyclic) bond motifs is 1. The molecule has 2 amide bonds. The van der Waals surface area contributed by atoms with Crippen molar-refractivity contribution in [3.8, 4) is 5.75 Å². The Morgan fingerprint density at radius 2 is 1.61 bits per heavy atom. The smallest absolute Gasteiger partial charge is 0.248 e. The Morgan fingerprint density at radius 3 is 2.36 bits per heavy atom. The van der Waals surface area contributed by atoms with Crippen molar-refractivity contribution >= 4 is 28.4 Å². The predicted octanol–water partition coefficient (Wildman–Crippen LogP) is 5.64. The van der Waals surface area contributed by atoms with E-state index in [1.807, 2.05) is 60.8 Å². The Balaban J connectivity index is 1.53. The lowest BCUT2D eigenvalue weighted by molar-refractivity contribution is -0.127. The van der Waals surface area contributed by atoms with Crippen LogP contribution in [0.1, 0.15) is 49.3 Å². The van der Waals surface area contributed by atoms with Crippen LogP contribution in [-0.2, 0) is 16.0 Å². The monoisotopic (exact) mass is 481 g/mol. The second kappa shape index (κ2) is 10.7. The molecule has 1 fully saturated rings. The van der Waals surface area contributed by atoms with Gasteiger partial charge in [0.1, 0.15) is 11.8 Å². The number of hydrogen-bond donors (Lipinski definition) is 3. The van der Waals surface area contributed by atoms with Gasteiger partial charge in [-0.15, -0.1) is 0 Å². The maximum atomic E-state index is 14.0. The van der Waals surface area contributed by atoms with Crippen molar-refractivity contribution in [2.75, 3.05) is 4.90 Å². The summed E-state index contributed by atoms with van der Waals surface area (Å²) >= 11 is 0. The highest BCUT2D eigenvalue weighted by Gasteiger charge is 2.34. The second-order valence-electron chi connectivity index (χ2n) is 9.47. The highest BCUT2D eigenvalue weighted by Crippen LogP contribution is 2.31. The Bertz CT molecular complexity index is 1320. The molecule has 1 saturated carbocycles. The van der Waals surface area contributed by atoms with E-state index in [1.54, 1.807) is 29.2 Å². The van der Waals surface area contributed by atoms with Gasteiger partial charge in [0.2, 0.25) is 11.8 Å². The minimum absolute atomic E-state index is 0.104. The van der Waals surface area contributed by atoms with Crippen LogP contribution >= 0.6 is 0 Å². The normalized spacial score (nSPS) is 14.9. The lowest BCUT2D eigenvalue weighted by atomic mass is 9.94. The number of aromatic amines is 1. The summed E-state index contributed by atoms with van der Waals surface area (Å²) in [4.78, 5) is 32.7. The molecule has 1 unspecified atom stereocenters. The molecule has 5 rings (SSSR count). The topological polar surface area (TPSA) is 85.4 Å². The summed E-state index contributed by atoms with van der Waals surface area (Å²) in [5, 5.41) is 14.1. The molecule has 0 radical (unpaired) electrons. The third-order valence-electron chi connectivity index (χ3n) is 6.99. The molecular formula is C30H31N3O3. The molecule has 36 heavy (non-hydrogen) atoms. The van der Waals surface area contributed by atoms with Crippen LogP contribution < -0.4 is 10.2 Å². The molecule has 1 atom stereocenters. The number of aromatic hydroxyl groups is 1. The van der Waals surface area contributed by atoms with Crippen molar-refractivity contribution in [2.24, 2.45) is 0 Å². The number of carbonyl (C=O) groups excluding carboxylic acids is 2. The predicted molar refractivity (Wildman–Crippen MR) is 142 cm³/mol. The summed E-state index contributed by atoms with van der Waals surface area (Å²) in [5.74, 6) is -0.270. The van der Waals surface area contributed by atoms with E-state index in [9.17, 15) is 14.7 Å². The number of anilines is 1. The van der Waals surface area contributed by atoms with Gasteiger partial charge in [-0.25, -0.2) is 0 Å². The van der Waals surface area contributed by atoms with Crippen molar-refractivity contribution in [1.82, 2.24) is 10.3 Å². The third kappa shape index (κ3) is 5.13. The fourth-order valence-electron chi connectivity index (χ4n) is 5.15. The minimum Gasteiger partial charge on any atom is -0.508 e. The standard InChI is InChI=1S/C30H31N3O3/c34-25-17-15-21(16-18-25)29(30(36)32-23-9-3-1-4-10-23)33(24-11-5-2-6-12-24)28(35)19-22-20-31-27-14-8-7-13-26(22)27/h2,5-8,11-18,20,23,29,31,34H,1,3-4,9-10,19H2,(H,32,36). The number of hydrogen-bond acceptors (Lipinski definition) is 3. The number of rotatable bonds is 7. The lowest BCUT2D eigenvalue weighted by Crippen LogP contribution is -2.47. The molecule has 0 saturated heterocycles. The van der Waals surface area contributed by atoms with Crippen LogP contribution in [0.25, 0.3) is 10.9 Å². The van der Waals surface area contributed by atoms with Crippen LogP contribution in [0.4, 0.5) is 5.69 Å². The van der Waals surface area contributed by atoms with Crippen LogP contribution in [0.2, 0.25) is 0 Å². The van der Waals surface area contributed by atoms with E-state index in [2.05, 4.69) is 10.3 Å². The Morgan fingerprint density at radius 1 is 0.917 bits per heavy atom. The molecular weight excluding hydrogens is 450 g/mol. The first kappa shape index (κ1) is 23.7. The fourth-order valence-corrected chi connectivity index (χ4v) is 5.15. The molecule has 6 heteroatoms. The van der Waals surface area contributed by atoms with Crippen molar-refractivity contribution in [1.29, 1.82) is 0 Å². The SMILES string of the molecule is O=C(NC1CCCCC1)C(c1ccc(O)cc1)N(C(=O)Cc1c[nH]c2ccccc12)c1ccccc1. The Hall–Kier alpha value is -4.06. The molecule has 3 aromatic carbocycles. The van der Waals surface area contributed by atoms with Gasteiger partial charge in [-0.3, -0.25) is 14.5 Å². The van der Waals surface area contributed by atoms with Gasteiger partial charge < -0.3 is 15.4 Å². The van der Waals surface area contributed by atoms with Gasteiger partial charge in [-0.05, 0) is 54.3 Å². The number of amides is 2. The molecule has 3 N–H and O–H groups in total. The Kier molecular flexibility index (Phi) is 7.03. The zero-order chi connectivity index (χ0) is 24.9. The highest BCUT2D eigenvalue weighted by atomic mass is 16.3. The van der Waals surface area contributed by atoms with Crippen molar-refractivity contribution < 1.29 is 14.7 Å². The number of aromatic nitrogens is 1. The number of carbonyl (C=O) groups is 2. The minimum atomic E-state index is -0.868. The molecule has 4 aromatic rings. The van der Waals surface area contributed by atoms with Gasteiger partial charge in [0.05, 0.1) is 6.42 Å². The van der Waals surface area contributed by atoms with E-state index in [1.165, 1.54) is 6.42 Å². The van der Waals surface area contributed by atoms with Crippen LogP contribution in [0.3, 0.4) is 0 Å². The van der Waals surface area contributed by atoms with E-state index in [4.69, 9.17) is 0 Å². The van der Waals surface area contributed by atoms with Gasteiger partial charge in [0, 0.05) is 28.8 Å². The average molecular weight is 482 g/mol. The van der Waals surface area contributed by atoms with Crippen LogP contribution in [-0.4, -0.2) is 27.9 Å². The van der Waals surface area contributed by atoms with Gasteiger partial charge in [-0.2, -0.15) is 0 Å². The van der Waals surface area contributed by atoms with Gasteiger partial charge in [-0.1, -0.05) is 67.8 Å². The number of H-pyrrole nitrogens is 1. The summed E-state index contributed by atoms with van der Waals surface area (Å²) in [7, 11) is 0. The zero-order valence-electron chi connectivity index (χ0n) is 20.2. The fraction of sp³-hybridized carbons (Fsp3) is 0.267. The number of phenols is 1. The van der Waals surface area contributed by atoms with E-state index in [0.29, 0.717) is 11.3 Å². The van der Waals surface area contributed by atoms with Crippen LogP contribution in [0.5, 0.6) is 5.75 Å². The third-order valence-corrected chi connectivity index (χ3v) is 6.99. The summed E-state index contributed by atoms with van der Waals surface area (Å²) in [6.45, 7) is 0. The molecule has 1 aliphatic rings. The average Bonchev–Trinajstić information content (AvgIpc) is 3.31. The molecule has 184 valence electrons. The molecule has 0 bridgehead atoms. The number of nitrogens with one attached hydrogen (secondary N) is 2. The summed E-state index contributed by atoms with van der Waals surface area (Å²) in [5.41, 5.74) is 3.15.